The minimum atomic E-state index is 0.881. The van der Waals surface area contributed by atoms with E-state index in [2.05, 4.69) is 51.6 Å². The minimum absolute atomic E-state index is 0.881. The van der Waals surface area contributed by atoms with Crippen LogP contribution in [0.5, 0.6) is 0 Å². The molecule has 1 N–H and O–H groups in total. The van der Waals surface area contributed by atoms with Crippen molar-refractivity contribution in [2.24, 2.45) is 7.05 Å². The lowest BCUT2D eigenvalue weighted by Gasteiger charge is -2.02. The molecule has 0 aliphatic carbocycles. The Hall–Kier alpha value is -0.650. The Morgan fingerprint density at radius 1 is 1.41 bits per heavy atom. The van der Waals surface area contributed by atoms with Gasteiger partial charge in [0.1, 0.15) is 0 Å². The summed E-state index contributed by atoms with van der Waals surface area (Å²) in [5.74, 6) is 0. The number of nitrogens with zero attached hydrogens (tertiary/aromatic N) is 2. The molecule has 0 aliphatic heterocycles. The standard InChI is InChI=1S/C12H16BrN3S/c1-3-11-9(8-16(2)15-11)6-14-7-10-4-5-12(13)17-10/h4-5,8,14H,3,6-7H2,1-2H3. The predicted octanol–water partition coefficient (Wildman–Crippen LogP) is 3.10. The average molecular weight is 314 g/mol. The van der Waals surface area contributed by atoms with Crippen LogP contribution in [0.3, 0.4) is 0 Å². The Morgan fingerprint density at radius 3 is 2.88 bits per heavy atom. The summed E-state index contributed by atoms with van der Waals surface area (Å²) in [4.78, 5) is 1.35. The summed E-state index contributed by atoms with van der Waals surface area (Å²) >= 11 is 5.24. The average Bonchev–Trinajstić information content (AvgIpc) is 2.85. The van der Waals surface area contributed by atoms with Crippen LogP contribution < -0.4 is 5.32 Å². The van der Waals surface area contributed by atoms with Crippen molar-refractivity contribution in [1.29, 1.82) is 0 Å². The van der Waals surface area contributed by atoms with E-state index < -0.39 is 0 Å². The van der Waals surface area contributed by atoms with Gasteiger partial charge in [-0.2, -0.15) is 5.10 Å². The van der Waals surface area contributed by atoms with E-state index in [1.165, 1.54) is 19.9 Å². The van der Waals surface area contributed by atoms with Crippen LogP contribution in [0.4, 0.5) is 0 Å². The molecule has 2 aromatic heterocycles. The lowest BCUT2D eigenvalue weighted by molar-refractivity contribution is 0.695. The number of halogens is 1. The molecular weight excluding hydrogens is 298 g/mol. The molecule has 92 valence electrons. The number of hydrogen-bond acceptors (Lipinski definition) is 3. The first-order valence-electron chi connectivity index (χ1n) is 5.65. The Bertz CT molecular complexity index is 490. The zero-order valence-corrected chi connectivity index (χ0v) is 12.4. The fourth-order valence-electron chi connectivity index (χ4n) is 1.80. The molecule has 2 aromatic rings. The molecule has 5 heteroatoms. The molecule has 0 amide bonds. The van der Waals surface area contributed by atoms with Gasteiger partial charge < -0.3 is 5.32 Å². The molecule has 0 atom stereocenters. The molecule has 2 heterocycles. The van der Waals surface area contributed by atoms with Crippen molar-refractivity contribution in [1.82, 2.24) is 15.1 Å². The van der Waals surface area contributed by atoms with Crippen molar-refractivity contribution in [3.8, 4) is 0 Å². The van der Waals surface area contributed by atoms with Crippen molar-refractivity contribution in [3.63, 3.8) is 0 Å². The van der Waals surface area contributed by atoms with Crippen LogP contribution in [0.25, 0.3) is 0 Å². The molecule has 2 rings (SSSR count). The largest absolute Gasteiger partial charge is 0.308 e. The van der Waals surface area contributed by atoms with E-state index in [9.17, 15) is 0 Å². The molecule has 0 aliphatic rings. The molecular formula is C12H16BrN3S. The second kappa shape index (κ2) is 5.80. The van der Waals surface area contributed by atoms with Gasteiger partial charge in [-0.25, -0.2) is 0 Å². The zero-order chi connectivity index (χ0) is 12.3. The normalized spacial score (nSPS) is 11.0. The first-order valence-corrected chi connectivity index (χ1v) is 7.26. The van der Waals surface area contributed by atoms with Crippen LogP contribution in [0, 0.1) is 0 Å². The molecule has 0 spiro atoms. The van der Waals surface area contributed by atoms with E-state index >= 15 is 0 Å². The summed E-state index contributed by atoms with van der Waals surface area (Å²) < 4.78 is 3.07. The van der Waals surface area contributed by atoms with E-state index in [4.69, 9.17) is 0 Å². The van der Waals surface area contributed by atoms with E-state index in [-0.39, 0.29) is 0 Å². The maximum atomic E-state index is 4.43. The first-order chi connectivity index (χ1) is 8.19. The molecule has 0 bridgehead atoms. The van der Waals surface area contributed by atoms with Crippen molar-refractivity contribution in [2.45, 2.75) is 26.4 Å². The predicted molar refractivity (Wildman–Crippen MR) is 75.1 cm³/mol. The minimum Gasteiger partial charge on any atom is -0.308 e. The lowest BCUT2D eigenvalue weighted by atomic mass is 10.2. The van der Waals surface area contributed by atoms with Gasteiger partial charge in [0, 0.05) is 36.8 Å². The van der Waals surface area contributed by atoms with Crippen LogP contribution >= 0.6 is 27.3 Å². The van der Waals surface area contributed by atoms with Gasteiger partial charge in [-0.15, -0.1) is 11.3 Å². The maximum absolute atomic E-state index is 4.43. The van der Waals surface area contributed by atoms with Crippen molar-refractivity contribution in [3.05, 3.63) is 38.3 Å². The maximum Gasteiger partial charge on any atom is 0.0701 e. The summed E-state index contributed by atoms with van der Waals surface area (Å²) in [6.45, 7) is 3.93. The Balaban J connectivity index is 1.89. The molecule has 0 aromatic carbocycles. The number of aryl methyl sites for hydroxylation is 2. The molecule has 0 fully saturated rings. The third kappa shape index (κ3) is 3.40. The second-order valence-corrected chi connectivity index (χ2v) is 6.49. The highest BCUT2D eigenvalue weighted by atomic mass is 79.9. The van der Waals surface area contributed by atoms with E-state index in [0.29, 0.717) is 0 Å². The first kappa shape index (κ1) is 12.8. The third-order valence-corrected chi connectivity index (χ3v) is 4.19. The van der Waals surface area contributed by atoms with Crippen LogP contribution in [-0.4, -0.2) is 9.78 Å². The fraction of sp³-hybridized carbons (Fsp3) is 0.417. The number of hydrogen-bond donors (Lipinski definition) is 1. The van der Waals surface area contributed by atoms with Gasteiger partial charge in [0.15, 0.2) is 0 Å². The van der Waals surface area contributed by atoms with E-state index in [1.807, 2.05) is 11.7 Å². The summed E-state index contributed by atoms with van der Waals surface area (Å²) in [7, 11) is 1.97. The lowest BCUT2D eigenvalue weighted by Crippen LogP contribution is -2.12. The molecule has 3 nitrogen and oxygen atoms in total. The SMILES string of the molecule is CCc1nn(C)cc1CNCc1ccc(Br)s1. The molecule has 0 saturated heterocycles. The summed E-state index contributed by atoms with van der Waals surface area (Å²) in [5, 5.41) is 7.89. The Labute approximate surface area is 114 Å². The smallest absolute Gasteiger partial charge is 0.0701 e. The fourth-order valence-corrected chi connectivity index (χ4v) is 3.25. The quantitative estimate of drug-likeness (QED) is 0.919. The topological polar surface area (TPSA) is 29.9 Å². The van der Waals surface area contributed by atoms with Gasteiger partial charge in [-0.05, 0) is 34.5 Å². The van der Waals surface area contributed by atoms with Gasteiger partial charge >= 0.3 is 0 Å². The number of thiophene rings is 1. The second-order valence-electron chi connectivity index (χ2n) is 3.94. The number of nitrogens with one attached hydrogen (secondary N) is 1. The Kier molecular flexibility index (Phi) is 4.36. The highest BCUT2D eigenvalue weighted by Gasteiger charge is 2.05. The summed E-state index contributed by atoms with van der Waals surface area (Å²) in [6.07, 6.45) is 3.08. The Morgan fingerprint density at radius 2 is 2.24 bits per heavy atom. The monoisotopic (exact) mass is 313 g/mol. The van der Waals surface area contributed by atoms with Crippen LogP contribution in [0.2, 0.25) is 0 Å². The van der Waals surface area contributed by atoms with Crippen LogP contribution in [0.1, 0.15) is 23.1 Å². The molecule has 0 unspecified atom stereocenters. The van der Waals surface area contributed by atoms with Crippen molar-refractivity contribution < 1.29 is 0 Å². The highest BCUT2D eigenvalue weighted by Crippen LogP contribution is 2.21. The summed E-state index contributed by atoms with van der Waals surface area (Å²) in [6, 6.07) is 4.23. The van der Waals surface area contributed by atoms with Crippen molar-refractivity contribution in [2.75, 3.05) is 0 Å². The van der Waals surface area contributed by atoms with Crippen LogP contribution in [0.15, 0.2) is 22.1 Å². The van der Waals surface area contributed by atoms with Gasteiger partial charge in [0.05, 0.1) is 9.48 Å². The number of rotatable bonds is 5. The number of aromatic nitrogens is 2. The summed E-state index contributed by atoms with van der Waals surface area (Å²) in [5.41, 5.74) is 2.48. The van der Waals surface area contributed by atoms with Gasteiger partial charge in [-0.1, -0.05) is 6.92 Å². The molecule has 0 radical (unpaired) electrons. The van der Waals surface area contributed by atoms with E-state index in [0.717, 1.165) is 19.5 Å². The van der Waals surface area contributed by atoms with E-state index in [1.54, 1.807) is 11.3 Å². The van der Waals surface area contributed by atoms with Crippen molar-refractivity contribution >= 4 is 27.3 Å². The van der Waals surface area contributed by atoms with Gasteiger partial charge in [0.2, 0.25) is 0 Å². The molecule has 17 heavy (non-hydrogen) atoms. The van der Waals surface area contributed by atoms with Gasteiger partial charge in [-0.3, -0.25) is 4.68 Å². The highest BCUT2D eigenvalue weighted by molar-refractivity contribution is 9.11. The zero-order valence-electron chi connectivity index (χ0n) is 10.0. The third-order valence-electron chi connectivity index (χ3n) is 2.57. The van der Waals surface area contributed by atoms with Crippen LogP contribution in [-0.2, 0) is 26.6 Å². The molecule has 0 saturated carbocycles. The van der Waals surface area contributed by atoms with Gasteiger partial charge in [0.25, 0.3) is 0 Å².